The highest BCUT2D eigenvalue weighted by Gasteiger charge is 2.47. The van der Waals surface area contributed by atoms with Crippen molar-refractivity contribution in [2.75, 3.05) is 27.4 Å². The number of phenols is 1. The lowest BCUT2D eigenvalue weighted by Gasteiger charge is -2.38. The average Bonchev–Trinajstić information content (AvgIpc) is 2.73. The van der Waals surface area contributed by atoms with Gasteiger partial charge in [0.1, 0.15) is 18.3 Å². The minimum Gasteiger partial charge on any atom is -0.508 e. The van der Waals surface area contributed by atoms with Gasteiger partial charge in [0.15, 0.2) is 5.78 Å². The fraction of sp³-hybridized carbons (Fsp3) is 0.435. The molecule has 0 aromatic heterocycles. The third kappa shape index (κ3) is 4.34. The maximum Gasteiger partial charge on any atom is 0.336 e. The van der Waals surface area contributed by atoms with Gasteiger partial charge in [-0.1, -0.05) is 19.1 Å². The third-order valence-electron chi connectivity index (χ3n) is 5.71. The molecule has 1 aliphatic heterocycles. The Morgan fingerprint density at radius 2 is 1.84 bits per heavy atom. The van der Waals surface area contributed by atoms with Crippen molar-refractivity contribution in [1.29, 1.82) is 0 Å². The number of ketones is 1. The lowest BCUT2D eigenvalue weighted by atomic mass is 9.69. The summed E-state index contributed by atoms with van der Waals surface area (Å²) >= 11 is 0. The molecule has 0 saturated carbocycles. The number of nitrogens with one attached hydrogen (secondary N) is 1. The fourth-order valence-corrected chi connectivity index (χ4v) is 4.25. The van der Waals surface area contributed by atoms with E-state index in [1.165, 1.54) is 26.4 Å². The highest BCUT2D eigenvalue weighted by atomic mass is 16.6. The van der Waals surface area contributed by atoms with Crippen molar-refractivity contribution in [3.63, 3.8) is 0 Å². The Bertz CT molecular complexity index is 945. The Balaban J connectivity index is 2.11. The molecule has 1 heterocycles. The molecule has 0 saturated heterocycles. The molecule has 31 heavy (non-hydrogen) atoms. The SMILES string of the molecule is COCCOC(=O)C1=C(C)NC2=C(C(=O)[C@@H](C(=O)OC)[C@@H](C)C2)[C@@H]1c1ccc(O)cc1. The topological polar surface area (TPSA) is 111 Å². The molecule has 3 rings (SSSR count). The molecule has 0 bridgehead atoms. The van der Waals surface area contributed by atoms with Crippen LogP contribution in [0.15, 0.2) is 46.8 Å². The summed E-state index contributed by atoms with van der Waals surface area (Å²) < 4.78 is 15.2. The zero-order valence-electron chi connectivity index (χ0n) is 18.1. The molecule has 3 atom stereocenters. The lowest BCUT2D eigenvalue weighted by molar-refractivity contribution is -0.151. The standard InChI is InChI=1S/C23H27NO7/c1-12-11-16-20(21(26)17(12)22(27)30-4)19(14-5-7-15(25)8-6-14)18(13(2)24-16)23(28)31-10-9-29-3/h5-8,12,17,19,24-25H,9-11H2,1-4H3/t12-,17-,19+/m0/s1. The zero-order chi connectivity index (χ0) is 22.7. The third-order valence-corrected chi connectivity index (χ3v) is 5.71. The molecule has 8 heteroatoms. The molecule has 2 aliphatic rings. The van der Waals surface area contributed by atoms with Gasteiger partial charge in [-0.15, -0.1) is 0 Å². The zero-order valence-corrected chi connectivity index (χ0v) is 18.1. The van der Waals surface area contributed by atoms with Crippen LogP contribution in [-0.2, 0) is 28.6 Å². The minimum absolute atomic E-state index is 0.0628. The molecule has 0 fully saturated rings. The summed E-state index contributed by atoms with van der Waals surface area (Å²) in [5, 5.41) is 12.9. The number of benzene rings is 1. The summed E-state index contributed by atoms with van der Waals surface area (Å²) in [6.07, 6.45) is 0.457. The summed E-state index contributed by atoms with van der Waals surface area (Å²) in [5.74, 6) is -3.42. The van der Waals surface area contributed by atoms with Gasteiger partial charge in [-0.2, -0.15) is 0 Å². The van der Waals surface area contributed by atoms with Crippen LogP contribution in [0.2, 0.25) is 0 Å². The molecule has 166 valence electrons. The molecule has 1 aliphatic carbocycles. The number of Topliss-reactive ketones (excluding diaryl/α,β-unsaturated/α-hetero) is 1. The summed E-state index contributed by atoms with van der Waals surface area (Å²) in [6, 6.07) is 6.30. The van der Waals surface area contributed by atoms with E-state index < -0.39 is 23.8 Å². The average molecular weight is 429 g/mol. The molecule has 0 spiro atoms. The molecule has 0 unspecified atom stereocenters. The number of rotatable bonds is 6. The van der Waals surface area contributed by atoms with Crippen LogP contribution < -0.4 is 5.32 Å². The first-order chi connectivity index (χ1) is 14.8. The van der Waals surface area contributed by atoms with E-state index in [9.17, 15) is 19.5 Å². The van der Waals surface area contributed by atoms with Gasteiger partial charge in [0.05, 0.1) is 19.3 Å². The number of hydrogen-bond donors (Lipinski definition) is 2. The van der Waals surface area contributed by atoms with Crippen molar-refractivity contribution in [2.24, 2.45) is 11.8 Å². The lowest BCUT2D eigenvalue weighted by Crippen LogP contribution is -2.43. The summed E-state index contributed by atoms with van der Waals surface area (Å²) in [5.41, 5.74) is 2.53. The van der Waals surface area contributed by atoms with Gasteiger partial charge in [0.2, 0.25) is 0 Å². The smallest absolute Gasteiger partial charge is 0.336 e. The van der Waals surface area contributed by atoms with Crippen molar-refractivity contribution in [1.82, 2.24) is 5.32 Å². The fourth-order valence-electron chi connectivity index (χ4n) is 4.25. The largest absolute Gasteiger partial charge is 0.508 e. The van der Waals surface area contributed by atoms with E-state index in [-0.39, 0.29) is 36.2 Å². The van der Waals surface area contributed by atoms with Gasteiger partial charge in [0, 0.05) is 30.0 Å². The quantitative estimate of drug-likeness (QED) is 0.402. The number of allylic oxidation sites excluding steroid dienone is 3. The second-order valence-electron chi connectivity index (χ2n) is 7.76. The number of phenolic OH excluding ortho intramolecular Hbond substituents is 1. The number of aromatic hydroxyl groups is 1. The maximum atomic E-state index is 13.5. The number of dihydropyridines is 1. The molecular weight excluding hydrogens is 402 g/mol. The number of carbonyl (C=O) groups excluding carboxylic acids is 3. The first-order valence-corrected chi connectivity index (χ1v) is 10.1. The van der Waals surface area contributed by atoms with Gasteiger partial charge in [-0.3, -0.25) is 9.59 Å². The van der Waals surface area contributed by atoms with Crippen LogP contribution in [0.1, 0.15) is 31.7 Å². The monoisotopic (exact) mass is 429 g/mol. The van der Waals surface area contributed by atoms with Crippen LogP contribution in [0.3, 0.4) is 0 Å². The predicted octanol–water partition coefficient (Wildman–Crippen LogP) is 2.19. The van der Waals surface area contributed by atoms with E-state index in [0.29, 0.717) is 29.0 Å². The summed E-state index contributed by atoms with van der Waals surface area (Å²) in [6.45, 7) is 3.89. The van der Waals surface area contributed by atoms with Crippen molar-refractivity contribution in [3.8, 4) is 5.75 Å². The molecule has 0 amide bonds. The van der Waals surface area contributed by atoms with E-state index >= 15 is 0 Å². The number of hydrogen-bond acceptors (Lipinski definition) is 8. The highest BCUT2D eigenvalue weighted by molar-refractivity contribution is 6.12. The Morgan fingerprint density at radius 1 is 1.16 bits per heavy atom. The molecule has 1 aromatic rings. The molecule has 8 nitrogen and oxygen atoms in total. The van der Waals surface area contributed by atoms with E-state index in [1.54, 1.807) is 19.1 Å². The van der Waals surface area contributed by atoms with Crippen LogP contribution in [-0.4, -0.2) is 50.3 Å². The number of carbonyl (C=O) groups is 3. The first kappa shape index (κ1) is 22.6. The summed E-state index contributed by atoms with van der Waals surface area (Å²) in [4.78, 5) is 38.9. The van der Waals surface area contributed by atoms with E-state index in [2.05, 4.69) is 5.32 Å². The second kappa shape index (κ2) is 9.34. The molecular formula is C23H27NO7. The Hall–Kier alpha value is -3.13. The normalized spacial score (nSPS) is 23.2. The number of ether oxygens (including phenoxy) is 3. The Labute approximate surface area is 180 Å². The molecule has 2 N–H and O–H groups in total. The van der Waals surface area contributed by atoms with Gasteiger partial charge >= 0.3 is 11.9 Å². The van der Waals surface area contributed by atoms with Crippen LogP contribution in [0, 0.1) is 11.8 Å². The first-order valence-electron chi connectivity index (χ1n) is 10.1. The van der Waals surface area contributed by atoms with Gasteiger partial charge < -0.3 is 24.6 Å². The molecule has 0 radical (unpaired) electrons. The van der Waals surface area contributed by atoms with E-state index in [1.807, 2.05) is 6.92 Å². The van der Waals surface area contributed by atoms with E-state index in [0.717, 1.165) is 0 Å². The van der Waals surface area contributed by atoms with Crippen molar-refractivity contribution < 1.29 is 33.7 Å². The molecule has 1 aromatic carbocycles. The minimum atomic E-state index is -0.950. The summed E-state index contributed by atoms with van der Waals surface area (Å²) in [7, 11) is 2.76. The van der Waals surface area contributed by atoms with Crippen molar-refractivity contribution in [2.45, 2.75) is 26.2 Å². The maximum absolute atomic E-state index is 13.5. The van der Waals surface area contributed by atoms with Crippen LogP contribution >= 0.6 is 0 Å². The second-order valence-corrected chi connectivity index (χ2v) is 7.76. The van der Waals surface area contributed by atoms with Crippen LogP contribution in [0.5, 0.6) is 5.75 Å². The van der Waals surface area contributed by atoms with Gasteiger partial charge in [0.25, 0.3) is 0 Å². The predicted molar refractivity (Wildman–Crippen MR) is 111 cm³/mol. The number of esters is 2. The van der Waals surface area contributed by atoms with Crippen LogP contribution in [0.25, 0.3) is 0 Å². The van der Waals surface area contributed by atoms with Crippen molar-refractivity contribution in [3.05, 3.63) is 52.4 Å². The van der Waals surface area contributed by atoms with Gasteiger partial charge in [-0.25, -0.2) is 4.79 Å². The van der Waals surface area contributed by atoms with Crippen LogP contribution in [0.4, 0.5) is 0 Å². The van der Waals surface area contributed by atoms with Crippen molar-refractivity contribution >= 4 is 17.7 Å². The Morgan fingerprint density at radius 3 is 2.45 bits per heavy atom. The van der Waals surface area contributed by atoms with E-state index in [4.69, 9.17) is 14.2 Å². The van der Waals surface area contributed by atoms with Gasteiger partial charge in [-0.05, 0) is 37.0 Å². The highest BCUT2D eigenvalue weighted by Crippen LogP contribution is 2.45. The number of methoxy groups -OCH3 is 2. The Kier molecular flexibility index (Phi) is 6.80.